The largest absolute Gasteiger partial charge is 0.493 e. The van der Waals surface area contributed by atoms with Crippen molar-refractivity contribution in [3.8, 4) is 17.1 Å². The molecule has 4 rings (SSSR count). The van der Waals surface area contributed by atoms with Crippen LogP contribution >= 0.6 is 0 Å². The molecule has 1 aliphatic rings. The number of benzene rings is 1. The summed E-state index contributed by atoms with van der Waals surface area (Å²) in [4.78, 5) is 27.3. The highest BCUT2D eigenvalue weighted by atomic mass is 32.2. The van der Waals surface area contributed by atoms with Crippen molar-refractivity contribution < 1.29 is 13.2 Å². The van der Waals surface area contributed by atoms with Gasteiger partial charge in [0.15, 0.2) is 5.65 Å². The van der Waals surface area contributed by atoms with Crippen molar-refractivity contribution in [3.05, 3.63) is 40.2 Å². The zero-order valence-electron chi connectivity index (χ0n) is 20.3. The van der Waals surface area contributed by atoms with E-state index in [4.69, 9.17) is 9.72 Å². The summed E-state index contributed by atoms with van der Waals surface area (Å²) in [7, 11) is -3.71. The average molecular weight is 489 g/mol. The van der Waals surface area contributed by atoms with Crippen molar-refractivity contribution in [1.29, 1.82) is 0 Å². The second kappa shape index (κ2) is 9.47. The van der Waals surface area contributed by atoms with E-state index in [2.05, 4.69) is 21.8 Å². The summed E-state index contributed by atoms with van der Waals surface area (Å²) in [5.74, 6) is 1.31. The molecule has 0 bridgehead atoms. The second-order valence-corrected chi connectivity index (χ2v) is 10.6. The number of aromatic amines is 1. The van der Waals surface area contributed by atoms with Gasteiger partial charge in [-0.2, -0.15) is 4.31 Å². The molecule has 1 aliphatic heterocycles. The molecule has 0 amide bonds. The van der Waals surface area contributed by atoms with Gasteiger partial charge in [-0.25, -0.2) is 27.6 Å². The lowest BCUT2D eigenvalue weighted by molar-refractivity contribution is 0.196. The van der Waals surface area contributed by atoms with Gasteiger partial charge in [0.25, 0.3) is 0 Å². The van der Waals surface area contributed by atoms with Crippen LogP contribution in [0.2, 0.25) is 0 Å². The molecule has 3 aromatic rings. The Morgan fingerprint density at radius 3 is 2.44 bits per heavy atom. The van der Waals surface area contributed by atoms with Crippen LogP contribution in [0, 0.1) is 6.92 Å². The Kier molecular flexibility index (Phi) is 6.79. The molecule has 11 heteroatoms. The maximum absolute atomic E-state index is 13.4. The zero-order valence-corrected chi connectivity index (χ0v) is 21.1. The molecule has 1 N–H and O–H groups in total. The van der Waals surface area contributed by atoms with Gasteiger partial charge in [0.1, 0.15) is 17.4 Å². The normalized spacial score (nSPS) is 15.9. The Labute approximate surface area is 199 Å². The highest BCUT2D eigenvalue weighted by Gasteiger charge is 2.29. The van der Waals surface area contributed by atoms with E-state index < -0.39 is 10.0 Å². The standard InChI is InChI=1S/C23H32N6O4S/c1-6-27-10-12-28(13-11-27)34(31,32)17-8-9-19(33-7-2)18(14-17)21-25-22-20(15(3)4)24-16(5)29(22)23(30)26-21/h8-9,14-15H,6-7,10-13H2,1-5H3,(H,25,26,30). The van der Waals surface area contributed by atoms with Crippen molar-refractivity contribution in [1.82, 2.24) is 28.6 Å². The summed E-state index contributed by atoms with van der Waals surface area (Å²) in [6.07, 6.45) is 0. The SMILES string of the molecule is CCOc1ccc(S(=O)(=O)N2CCN(CC)CC2)cc1-c1nc2c(C(C)C)nc(C)n2c(=O)[nH]1. The number of rotatable bonds is 7. The molecule has 0 saturated carbocycles. The number of H-pyrrole nitrogens is 1. The Bertz CT molecular complexity index is 1350. The van der Waals surface area contributed by atoms with Crippen LogP contribution in [0.5, 0.6) is 5.75 Å². The Hall–Kier alpha value is -2.76. The van der Waals surface area contributed by atoms with Gasteiger partial charge >= 0.3 is 5.69 Å². The van der Waals surface area contributed by atoms with Gasteiger partial charge in [0.05, 0.1) is 22.8 Å². The maximum Gasteiger partial charge on any atom is 0.334 e. The minimum Gasteiger partial charge on any atom is -0.493 e. The number of hydrogen-bond acceptors (Lipinski definition) is 7. The van der Waals surface area contributed by atoms with Crippen LogP contribution in [0.15, 0.2) is 27.9 Å². The van der Waals surface area contributed by atoms with Gasteiger partial charge in [0.2, 0.25) is 10.0 Å². The lowest BCUT2D eigenvalue weighted by Crippen LogP contribution is -2.48. The zero-order chi connectivity index (χ0) is 24.6. The first-order valence-electron chi connectivity index (χ1n) is 11.7. The van der Waals surface area contributed by atoms with Crippen LogP contribution in [0.1, 0.15) is 45.1 Å². The van der Waals surface area contributed by atoms with E-state index in [1.165, 1.54) is 8.71 Å². The summed E-state index contributed by atoms with van der Waals surface area (Å²) >= 11 is 0. The number of imidazole rings is 1. The number of aryl methyl sites for hydroxylation is 1. The predicted molar refractivity (Wildman–Crippen MR) is 130 cm³/mol. The molecule has 10 nitrogen and oxygen atoms in total. The fraction of sp³-hybridized carbons (Fsp3) is 0.522. The first kappa shape index (κ1) is 24.4. The molecule has 0 unspecified atom stereocenters. The van der Waals surface area contributed by atoms with Gasteiger partial charge in [-0.3, -0.25) is 4.98 Å². The van der Waals surface area contributed by atoms with E-state index in [-0.39, 0.29) is 22.3 Å². The van der Waals surface area contributed by atoms with Gasteiger partial charge in [-0.15, -0.1) is 0 Å². The van der Waals surface area contributed by atoms with Crippen molar-refractivity contribution in [3.63, 3.8) is 0 Å². The molecule has 0 aliphatic carbocycles. The third-order valence-electron chi connectivity index (χ3n) is 6.16. The summed E-state index contributed by atoms with van der Waals surface area (Å²) in [6.45, 7) is 13.2. The summed E-state index contributed by atoms with van der Waals surface area (Å²) in [5, 5.41) is 0. The van der Waals surface area contributed by atoms with Crippen molar-refractivity contribution in [2.75, 3.05) is 39.3 Å². The molecular formula is C23H32N6O4S. The minimum atomic E-state index is -3.71. The molecular weight excluding hydrogens is 456 g/mol. The number of nitrogens with one attached hydrogen (secondary N) is 1. The number of fused-ring (bicyclic) bond motifs is 1. The topological polar surface area (TPSA) is 113 Å². The molecule has 1 saturated heterocycles. The van der Waals surface area contributed by atoms with Gasteiger partial charge < -0.3 is 9.64 Å². The summed E-state index contributed by atoms with van der Waals surface area (Å²) < 4.78 is 35.6. The van der Waals surface area contributed by atoms with Gasteiger partial charge in [-0.05, 0) is 44.5 Å². The predicted octanol–water partition coefficient (Wildman–Crippen LogP) is 2.24. The highest BCUT2D eigenvalue weighted by molar-refractivity contribution is 7.89. The number of aromatic nitrogens is 4. The summed E-state index contributed by atoms with van der Waals surface area (Å²) in [5.41, 5.74) is 1.20. The summed E-state index contributed by atoms with van der Waals surface area (Å²) in [6, 6.07) is 4.72. The number of sulfonamides is 1. The van der Waals surface area contributed by atoms with E-state index in [1.54, 1.807) is 25.1 Å². The van der Waals surface area contributed by atoms with Crippen molar-refractivity contribution >= 4 is 15.7 Å². The van der Waals surface area contributed by atoms with E-state index in [9.17, 15) is 13.2 Å². The van der Waals surface area contributed by atoms with E-state index in [1.807, 2.05) is 20.8 Å². The number of likely N-dealkylation sites (N-methyl/N-ethyl adjacent to an activating group) is 1. The van der Waals surface area contributed by atoms with Crippen LogP contribution in [0.4, 0.5) is 0 Å². The second-order valence-electron chi connectivity index (χ2n) is 8.68. The Morgan fingerprint density at radius 1 is 1.12 bits per heavy atom. The molecule has 0 radical (unpaired) electrons. The van der Waals surface area contributed by atoms with Crippen LogP contribution < -0.4 is 10.4 Å². The Balaban J connectivity index is 1.83. The van der Waals surface area contributed by atoms with Crippen LogP contribution in [-0.2, 0) is 10.0 Å². The molecule has 1 aromatic carbocycles. The van der Waals surface area contributed by atoms with Crippen molar-refractivity contribution in [2.24, 2.45) is 0 Å². The maximum atomic E-state index is 13.4. The first-order chi connectivity index (χ1) is 16.2. The van der Waals surface area contributed by atoms with E-state index in [0.717, 1.165) is 6.54 Å². The fourth-order valence-electron chi connectivity index (χ4n) is 4.27. The molecule has 1 fully saturated rings. The molecule has 34 heavy (non-hydrogen) atoms. The van der Waals surface area contributed by atoms with Crippen LogP contribution in [0.3, 0.4) is 0 Å². The molecule has 184 valence electrons. The molecule has 0 spiro atoms. The van der Waals surface area contributed by atoms with Crippen LogP contribution in [0.25, 0.3) is 17.0 Å². The first-order valence-corrected chi connectivity index (χ1v) is 13.1. The number of nitrogens with zero attached hydrogens (tertiary/aromatic N) is 5. The average Bonchev–Trinajstić information content (AvgIpc) is 3.16. The quantitative estimate of drug-likeness (QED) is 0.543. The number of piperazine rings is 1. The van der Waals surface area contributed by atoms with Gasteiger partial charge in [-0.1, -0.05) is 20.8 Å². The van der Waals surface area contributed by atoms with E-state index in [0.29, 0.717) is 61.3 Å². The molecule has 2 aromatic heterocycles. The fourth-order valence-corrected chi connectivity index (χ4v) is 5.72. The van der Waals surface area contributed by atoms with E-state index >= 15 is 0 Å². The van der Waals surface area contributed by atoms with Crippen LogP contribution in [-0.4, -0.2) is 76.3 Å². The Morgan fingerprint density at radius 2 is 1.82 bits per heavy atom. The highest BCUT2D eigenvalue weighted by Crippen LogP contribution is 2.32. The number of hydrogen-bond donors (Lipinski definition) is 1. The lowest BCUT2D eigenvalue weighted by Gasteiger charge is -2.33. The molecule has 0 atom stereocenters. The minimum absolute atomic E-state index is 0.0608. The number of ether oxygens (including phenoxy) is 1. The third kappa shape index (κ3) is 4.35. The third-order valence-corrected chi connectivity index (χ3v) is 8.06. The van der Waals surface area contributed by atoms with Crippen molar-refractivity contribution in [2.45, 2.75) is 45.4 Å². The lowest BCUT2D eigenvalue weighted by atomic mass is 10.1. The van der Waals surface area contributed by atoms with Gasteiger partial charge in [0, 0.05) is 26.2 Å². The smallest absolute Gasteiger partial charge is 0.334 e. The monoisotopic (exact) mass is 488 g/mol. The molecule has 3 heterocycles.